The normalized spacial score (nSPS) is 11.2. The summed E-state index contributed by atoms with van der Waals surface area (Å²) in [5, 5.41) is 13.0. The largest absolute Gasteiger partial charge is 0.366 e. The van der Waals surface area contributed by atoms with Crippen LogP contribution in [-0.4, -0.2) is 25.9 Å². The van der Waals surface area contributed by atoms with Gasteiger partial charge in [0.1, 0.15) is 0 Å². The van der Waals surface area contributed by atoms with Crippen LogP contribution in [0.2, 0.25) is 0 Å². The molecular weight excluding hydrogens is 266 g/mol. The molecule has 0 aliphatic carbocycles. The van der Waals surface area contributed by atoms with Crippen LogP contribution in [0.5, 0.6) is 0 Å². The van der Waals surface area contributed by atoms with Crippen molar-refractivity contribution in [1.82, 2.24) is 20.0 Å². The minimum absolute atomic E-state index is 0.402. The molecule has 0 radical (unpaired) electrons. The average molecular weight is 277 g/mol. The van der Waals surface area contributed by atoms with Gasteiger partial charge in [0, 0.05) is 10.8 Å². The second-order valence-corrected chi connectivity index (χ2v) is 4.81. The predicted molar refractivity (Wildman–Crippen MR) is 79.2 cm³/mol. The molecule has 2 aromatic heterocycles. The molecule has 4 aromatic rings. The van der Waals surface area contributed by atoms with Gasteiger partial charge in [0.15, 0.2) is 0 Å². The Labute approximate surface area is 119 Å². The number of aromatic nitrogens is 4. The van der Waals surface area contributed by atoms with E-state index in [2.05, 4.69) is 15.3 Å². The second kappa shape index (κ2) is 4.17. The summed E-state index contributed by atoms with van der Waals surface area (Å²) in [6.45, 7) is 0. The first-order valence-corrected chi connectivity index (χ1v) is 6.44. The molecule has 6 nitrogen and oxygen atoms in total. The second-order valence-electron chi connectivity index (χ2n) is 4.81. The summed E-state index contributed by atoms with van der Waals surface area (Å²) in [7, 11) is 0. The van der Waals surface area contributed by atoms with Gasteiger partial charge < -0.3 is 5.73 Å². The number of carbonyl (C=O) groups excluding carboxylic acids is 1. The molecular formula is C15H11N5O. The van der Waals surface area contributed by atoms with Crippen molar-refractivity contribution in [1.29, 1.82) is 0 Å². The van der Waals surface area contributed by atoms with Crippen molar-refractivity contribution in [3.8, 4) is 5.69 Å². The van der Waals surface area contributed by atoms with E-state index in [9.17, 15) is 4.79 Å². The lowest BCUT2D eigenvalue weighted by molar-refractivity contribution is 0.100. The van der Waals surface area contributed by atoms with Crippen LogP contribution in [0.25, 0.3) is 27.5 Å². The van der Waals surface area contributed by atoms with Gasteiger partial charge >= 0.3 is 0 Å². The van der Waals surface area contributed by atoms with Gasteiger partial charge in [-0.3, -0.25) is 9.89 Å². The number of carbonyl (C=O) groups is 1. The molecule has 0 aliphatic heterocycles. The summed E-state index contributed by atoms with van der Waals surface area (Å²) in [5.41, 5.74) is 8.25. The van der Waals surface area contributed by atoms with Crippen LogP contribution >= 0.6 is 0 Å². The highest BCUT2D eigenvalue weighted by atomic mass is 16.1. The van der Waals surface area contributed by atoms with Crippen molar-refractivity contribution < 1.29 is 4.79 Å². The molecule has 102 valence electrons. The molecule has 0 aliphatic rings. The Morgan fingerprint density at radius 1 is 1.14 bits per heavy atom. The first-order chi connectivity index (χ1) is 10.2. The van der Waals surface area contributed by atoms with E-state index < -0.39 is 5.91 Å². The maximum absolute atomic E-state index is 11.6. The average Bonchev–Trinajstić information content (AvgIpc) is 3.12. The Balaban J connectivity index is 2.04. The molecule has 2 heterocycles. The first kappa shape index (κ1) is 11.7. The van der Waals surface area contributed by atoms with Gasteiger partial charge in [-0.1, -0.05) is 18.2 Å². The number of aromatic amines is 1. The van der Waals surface area contributed by atoms with Crippen molar-refractivity contribution >= 4 is 27.7 Å². The standard InChI is InChI=1S/C15H11N5O/c16-15(21)12-6-11(5-10-7-17-19-14(10)12)20-13-4-2-1-3-9(13)8-18-20/h1-8H,(H2,16,21)(H,17,19). The van der Waals surface area contributed by atoms with Gasteiger partial charge in [-0.05, 0) is 18.2 Å². The quantitative estimate of drug-likeness (QED) is 0.587. The highest BCUT2D eigenvalue weighted by Crippen LogP contribution is 2.24. The predicted octanol–water partition coefficient (Wildman–Crippen LogP) is 2.00. The van der Waals surface area contributed by atoms with E-state index in [1.165, 1.54) is 0 Å². The van der Waals surface area contributed by atoms with Crippen molar-refractivity contribution in [2.45, 2.75) is 0 Å². The topological polar surface area (TPSA) is 89.6 Å². The number of nitrogens with zero attached hydrogens (tertiary/aromatic N) is 3. The van der Waals surface area contributed by atoms with Crippen LogP contribution in [0.1, 0.15) is 10.4 Å². The molecule has 0 unspecified atom stereocenters. The maximum atomic E-state index is 11.6. The van der Waals surface area contributed by atoms with Crippen LogP contribution in [0.4, 0.5) is 0 Å². The minimum Gasteiger partial charge on any atom is -0.366 e. The number of benzene rings is 2. The van der Waals surface area contributed by atoms with Gasteiger partial charge in [-0.25, -0.2) is 4.68 Å². The third-order valence-corrected chi connectivity index (χ3v) is 3.52. The highest BCUT2D eigenvalue weighted by molar-refractivity contribution is 6.05. The summed E-state index contributed by atoms with van der Waals surface area (Å²) in [4.78, 5) is 11.6. The monoisotopic (exact) mass is 277 g/mol. The van der Waals surface area contributed by atoms with Crippen LogP contribution in [0.15, 0.2) is 48.8 Å². The van der Waals surface area contributed by atoms with Gasteiger partial charge in [0.05, 0.1) is 34.7 Å². The molecule has 4 rings (SSSR count). The maximum Gasteiger partial charge on any atom is 0.250 e. The lowest BCUT2D eigenvalue weighted by Crippen LogP contribution is -2.12. The number of nitrogens with two attached hydrogens (primary N) is 1. The molecule has 1 amide bonds. The van der Waals surface area contributed by atoms with Crippen molar-refractivity contribution in [3.63, 3.8) is 0 Å². The zero-order valence-electron chi connectivity index (χ0n) is 10.9. The van der Waals surface area contributed by atoms with Crippen molar-refractivity contribution in [2.75, 3.05) is 0 Å². The highest BCUT2D eigenvalue weighted by Gasteiger charge is 2.13. The molecule has 2 aromatic carbocycles. The molecule has 0 saturated carbocycles. The number of primary amides is 1. The lowest BCUT2D eigenvalue weighted by atomic mass is 10.1. The molecule has 0 spiro atoms. The number of H-pyrrole nitrogens is 1. The van der Waals surface area contributed by atoms with E-state index in [1.807, 2.05) is 30.3 Å². The van der Waals surface area contributed by atoms with Gasteiger partial charge in [0.2, 0.25) is 0 Å². The summed E-state index contributed by atoms with van der Waals surface area (Å²) >= 11 is 0. The van der Waals surface area contributed by atoms with E-state index in [4.69, 9.17) is 5.73 Å². The number of hydrogen-bond donors (Lipinski definition) is 2. The van der Waals surface area contributed by atoms with E-state index in [1.54, 1.807) is 23.1 Å². The van der Waals surface area contributed by atoms with E-state index in [0.717, 1.165) is 22.0 Å². The summed E-state index contributed by atoms with van der Waals surface area (Å²) in [6.07, 6.45) is 3.45. The van der Waals surface area contributed by atoms with Crippen molar-refractivity contribution in [3.05, 3.63) is 54.4 Å². The van der Waals surface area contributed by atoms with E-state index in [-0.39, 0.29) is 0 Å². The number of nitrogens with one attached hydrogen (secondary N) is 1. The van der Waals surface area contributed by atoms with Crippen LogP contribution in [-0.2, 0) is 0 Å². The Bertz CT molecular complexity index is 982. The fraction of sp³-hybridized carbons (Fsp3) is 0. The van der Waals surface area contributed by atoms with Gasteiger partial charge in [-0.2, -0.15) is 10.2 Å². The number of fused-ring (bicyclic) bond motifs is 2. The Hall–Kier alpha value is -3.15. The summed E-state index contributed by atoms with van der Waals surface area (Å²) in [6, 6.07) is 11.5. The number of rotatable bonds is 2. The van der Waals surface area contributed by atoms with Crippen LogP contribution in [0, 0.1) is 0 Å². The smallest absolute Gasteiger partial charge is 0.250 e. The molecule has 0 fully saturated rings. The lowest BCUT2D eigenvalue weighted by Gasteiger charge is -2.06. The number of hydrogen-bond acceptors (Lipinski definition) is 3. The fourth-order valence-corrected chi connectivity index (χ4v) is 2.54. The van der Waals surface area contributed by atoms with Crippen LogP contribution < -0.4 is 5.73 Å². The molecule has 0 bridgehead atoms. The molecule has 3 N–H and O–H groups in total. The SMILES string of the molecule is NC(=O)c1cc(-n2ncc3ccccc32)cc2cn[nH]c12. The van der Waals surface area contributed by atoms with Crippen LogP contribution in [0.3, 0.4) is 0 Å². The minimum atomic E-state index is -0.498. The fourth-order valence-electron chi connectivity index (χ4n) is 2.54. The molecule has 21 heavy (non-hydrogen) atoms. The number of para-hydroxylation sites is 1. The summed E-state index contributed by atoms with van der Waals surface area (Å²) in [5.74, 6) is -0.498. The van der Waals surface area contributed by atoms with Gasteiger partial charge in [0.25, 0.3) is 5.91 Å². The number of amides is 1. The molecule has 0 saturated heterocycles. The zero-order valence-corrected chi connectivity index (χ0v) is 10.9. The first-order valence-electron chi connectivity index (χ1n) is 6.44. The third-order valence-electron chi connectivity index (χ3n) is 3.52. The molecule has 6 heteroatoms. The van der Waals surface area contributed by atoms with E-state index in [0.29, 0.717) is 11.1 Å². The van der Waals surface area contributed by atoms with Gasteiger partial charge in [-0.15, -0.1) is 0 Å². The zero-order chi connectivity index (χ0) is 14.4. The molecule has 0 atom stereocenters. The Morgan fingerprint density at radius 2 is 2.00 bits per heavy atom. The third kappa shape index (κ3) is 1.69. The van der Waals surface area contributed by atoms with Crippen molar-refractivity contribution in [2.24, 2.45) is 5.73 Å². The summed E-state index contributed by atoms with van der Waals surface area (Å²) < 4.78 is 1.79. The Kier molecular flexibility index (Phi) is 2.32. The van der Waals surface area contributed by atoms with E-state index >= 15 is 0 Å². The Morgan fingerprint density at radius 3 is 2.86 bits per heavy atom.